The van der Waals surface area contributed by atoms with Gasteiger partial charge in [0.25, 0.3) is 0 Å². The second-order valence-electron chi connectivity index (χ2n) is 2.96. The molecular formula is C12H14OS. The van der Waals surface area contributed by atoms with Crippen LogP contribution in [0.25, 0.3) is 6.08 Å². The Balaban J connectivity index is 2.86. The molecular weight excluding hydrogens is 192 g/mol. The van der Waals surface area contributed by atoms with Gasteiger partial charge in [-0.2, -0.15) is 0 Å². The highest BCUT2D eigenvalue weighted by Gasteiger charge is 1.93. The van der Waals surface area contributed by atoms with Crippen LogP contribution in [0.15, 0.2) is 34.7 Å². The molecule has 14 heavy (non-hydrogen) atoms. The highest BCUT2D eigenvalue weighted by Crippen LogP contribution is 2.16. The van der Waals surface area contributed by atoms with Crippen molar-refractivity contribution in [1.82, 2.24) is 0 Å². The molecule has 0 unspecified atom stereocenters. The highest BCUT2D eigenvalue weighted by molar-refractivity contribution is 7.98. The Hall–Kier alpha value is -1.02. The van der Waals surface area contributed by atoms with Gasteiger partial charge in [0.1, 0.15) is 6.29 Å². The lowest BCUT2D eigenvalue weighted by Crippen LogP contribution is -1.82. The summed E-state index contributed by atoms with van der Waals surface area (Å²) in [4.78, 5) is 11.8. The molecule has 1 rings (SSSR count). The summed E-state index contributed by atoms with van der Waals surface area (Å²) in [5.74, 6) is 0. The highest BCUT2D eigenvalue weighted by atomic mass is 32.2. The van der Waals surface area contributed by atoms with Crippen LogP contribution < -0.4 is 0 Å². The summed E-state index contributed by atoms with van der Waals surface area (Å²) < 4.78 is 0. The van der Waals surface area contributed by atoms with E-state index < -0.39 is 0 Å². The van der Waals surface area contributed by atoms with Gasteiger partial charge in [-0.1, -0.05) is 19.1 Å². The van der Waals surface area contributed by atoms with Gasteiger partial charge in [0.05, 0.1) is 0 Å². The van der Waals surface area contributed by atoms with Gasteiger partial charge in [-0.3, -0.25) is 4.79 Å². The average molecular weight is 206 g/mol. The van der Waals surface area contributed by atoms with E-state index in [1.165, 1.54) is 4.90 Å². The Morgan fingerprint density at radius 3 is 2.43 bits per heavy atom. The van der Waals surface area contributed by atoms with Crippen LogP contribution in [0, 0.1) is 0 Å². The number of carbonyl (C=O) groups is 1. The molecule has 0 aliphatic rings. The maximum Gasteiger partial charge on any atom is 0.146 e. The Morgan fingerprint density at radius 1 is 1.36 bits per heavy atom. The average Bonchev–Trinajstić information content (AvgIpc) is 2.26. The van der Waals surface area contributed by atoms with Crippen molar-refractivity contribution in [2.75, 3.05) is 6.26 Å². The van der Waals surface area contributed by atoms with Crippen molar-refractivity contribution in [2.45, 2.75) is 18.2 Å². The quantitative estimate of drug-likeness (QED) is 0.426. The molecule has 0 aromatic heterocycles. The first-order valence-corrected chi connectivity index (χ1v) is 5.82. The molecule has 74 valence electrons. The first-order chi connectivity index (χ1) is 6.80. The fraction of sp³-hybridized carbons (Fsp3) is 0.250. The van der Waals surface area contributed by atoms with E-state index in [1.807, 2.05) is 31.4 Å². The second kappa shape index (κ2) is 5.66. The second-order valence-corrected chi connectivity index (χ2v) is 3.84. The lowest BCUT2D eigenvalue weighted by Gasteiger charge is -1.98. The zero-order valence-electron chi connectivity index (χ0n) is 8.49. The maximum atomic E-state index is 10.6. The first-order valence-electron chi connectivity index (χ1n) is 4.60. The largest absolute Gasteiger partial charge is 0.298 e. The van der Waals surface area contributed by atoms with Crippen molar-refractivity contribution < 1.29 is 4.79 Å². The minimum atomic E-state index is 0.785. The molecule has 0 saturated carbocycles. The summed E-state index contributed by atoms with van der Waals surface area (Å²) >= 11 is 1.72. The summed E-state index contributed by atoms with van der Waals surface area (Å²) in [7, 11) is 0. The number of aldehydes is 1. The maximum absolute atomic E-state index is 10.6. The van der Waals surface area contributed by atoms with Crippen molar-refractivity contribution in [1.29, 1.82) is 0 Å². The molecule has 1 nitrogen and oxygen atoms in total. The fourth-order valence-electron chi connectivity index (χ4n) is 1.13. The molecule has 0 saturated heterocycles. The zero-order chi connectivity index (χ0) is 10.4. The van der Waals surface area contributed by atoms with Crippen LogP contribution in [-0.4, -0.2) is 12.5 Å². The SMILES string of the molecule is CCC(C=O)=Cc1ccc(SC)cc1. The van der Waals surface area contributed by atoms with E-state index in [1.54, 1.807) is 11.8 Å². The Morgan fingerprint density at radius 2 is 2.00 bits per heavy atom. The van der Waals surface area contributed by atoms with E-state index in [2.05, 4.69) is 12.1 Å². The number of hydrogen-bond acceptors (Lipinski definition) is 2. The molecule has 0 atom stereocenters. The zero-order valence-corrected chi connectivity index (χ0v) is 9.30. The van der Waals surface area contributed by atoms with E-state index >= 15 is 0 Å². The van der Waals surface area contributed by atoms with Crippen LogP contribution in [0.1, 0.15) is 18.9 Å². The van der Waals surface area contributed by atoms with Gasteiger partial charge in [0.2, 0.25) is 0 Å². The molecule has 0 aliphatic carbocycles. The fourth-order valence-corrected chi connectivity index (χ4v) is 1.54. The van der Waals surface area contributed by atoms with Gasteiger partial charge in [-0.05, 0) is 42.0 Å². The third-order valence-corrected chi connectivity index (χ3v) is 2.77. The summed E-state index contributed by atoms with van der Waals surface area (Å²) in [6, 6.07) is 8.19. The normalized spacial score (nSPS) is 11.4. The summed E-state index contributed by atoms with van der Waals surface area (Å²) in [5.41, 5.74) is 1.92. The monoisotopic (exact) mass is 206 g/mol. The lowest BCUT2D eigenvalue weighted by atomic mass is 10.1. The van der Waals surface area contributed by atoms with E-state index in [0.29, 0.717) is 0 Å². The van der Waals surface area contributed by atoms with Crippen LogP contribution >= 0.6 is 11.8 Å². The van der Waals surface area contributed by atoms with E-state index in [9.17, 15) is 4.79 Å². The van der Waals surface area contributed by atoms with Gasteiger partial charge < -0.3 is 0 Å². The van der Waals surface area contributed by atoms with Gasteiger partial charge >= 0.3 is 0 Å². The molecule has 0 spiro atoms. The molecule has 1 aromatic rings. The molecule has 0 aliphatic heterocycles. The van der Waals surface area contributed by atoms with E-state index in [0.717, 1.165) is 23.8 Å². The third-order valence-electron chi connectivity index (χ3n) is 2.03. The van der Waals surface area contributed by atoms with Crippen LogP contribution in [0.3, 0.4) is 0 Å². The molecule has 0 heterocycles. The van der Waals surface area contributed by atoms with E-state index in [4.69, 9.17) is 0 Å². The predicted octanol–water partition coefficient (Wildman–Crippen LogP) is 3.40. The van der Waals surface area contributed by atoms with Crippen molar-refractivity contribution in [3.8, 4) is 0 Å². The number of allylic oxidation sites excluding steroid dienone is 1. The lowest BCUT2D eigenvalue weighted by molar-refractivity contribution is -0.104. The molecule has 1 aromatic carbocycles. The van der Waals surface area contributed by atoms with Crippen molar-refractivity contribution in [3.05, 3.63) is 35.4 Å². The molecule has 0 radical (unpaired) electrons. The van der Waals surface area contributed by atoms with Crippen molar-refractivity contribution in [3.63, 3.8) is 0 Å². The van der Waals surface area contributed by atoms with Crippen molar-refractivity contribution >= 4 is 24.1 Å². The smallest absolute Gasteiger partial charge is 0.146 e. The molecule has 2 heteroatoms. The van der Waals surface area contributed by atoms with Crippen LogP contribution in [0.4, 0.5) is 0 Å². The van der Waals surface area contributed by atoms with Gasteiger partial charge in [0, 0.05) is 4.90 Å². The summed E-state index contributed by atoms with van der Waals surface area (Å²) in [6.45, 7) is 1.98. The number of thioether (sulfide) groups is 1. The minimum absolute atomic E-state index is 0.785. The first kappa shape index (κ1) is 11.1. The van der Waals surface area contributed by atoms with Crippen LogP contribution in [-0.2, 0) is 4.79 Å². The Labute approximate surface area is 89.2 Å². The van der Waals surface area contributed by atoms with Crippen LogP contribution in [0.2, 0.25) is 0 Å². The van der Waals surface area contributed by atoms with Crippen LogP contribution in [0.5, 0.6) is 0 Å². The number of benzene rings is 1. The Bertz CT molecular complexity index is 325. The molecule has 0 bridgehead atoms. The minimum Gasteiger partial charge on any atom is -0.298 e. The Kier molecular flexibility index (Phi) is 4.47. The number of carbonyl (C=O) groups excluding carboxylic acids is 1. The summed E-state index contributed by atoms with van der Waals surface area (Å²) in [5, 5.41) is 0. The third kappa shape index (κ3) is 3.04. The van der Waals surface area contributed by atoms with Crippen molar-refractivity contribution in [2.24, 2.45) is 0 Å². The topological polar surface area (TPSA) is 17.1 Å². The molecule has 0 amide bonds. The molecule has 0 N–H and O–H groups in total. The van der Waals surface area contributed by atoms with Gasteiger partial charge in [-0.25, -0.2) is 0 Å². The summed E-state index contributed by atoms with van der Waals surface area (Å²) in [6.07, 6.45) is 5.68. The number of hydrogen-bond donors (Lipinski definition) is 0. The molecule has 0 fully saturated rings. The number of rotatable bonds is 4. The van der Waals surface area contributed by atoms with E-state index in [-0.39, 0.29) is 0 Å². The van der Waals surface area contributed by atoms with Gasteiger partial charge in [-0.15, -0.1) is 11.8 Å². The van der Waals surface area contributed by atoms with Gasteiger partial charge in [0.15, 0.2) is 0 Å². The predicted molar refractivity (Wildman–Crippen MR) is 62.6 cm³/mol. The standard InChI is InChI=1S/C12H14OS/c1-3-10(9-13)8-11-4-6-12(14-2)7-5-11/h4-9H,3H2,1-2H3.